The predicted molar refractivity (Wildman–Crippen MR) is 79.1 cm³/mol. The fourth-order valence-electron chi connectivity index (χ4n) is 2.31. The van der Waals surface area contributed by atoms with Gasteiger partial charge in [0.05, 0.1) is 4.92 Å². The molecule has 120 valence electrons. The van der Waals surface area contributed by atoms with Crippen LogP contribution in [0, 0.1) is 10.1 Å². The van der Waals surface area contributed by atoms with Crippen LogP contribution in [0.15, 0.2) is 18.2 Å². The number of amides is 1. The van der Waals surface area contributed by atoms with Crippen molar-refractivity contribution < 1.29 is 18.5 Å². The van der Waals surface area contributed by atoms with Crippen molar-refractivity contribution >= 4 is 22.7 Å². The summed E-state index contributed by atoms with van der Waals surface area (Å²) in [6, 6.07) is 3.92. The molecule has 0 radical (unpaired) electrons. The zero-order valence-corrected chi connectivity index (χ0v) is 12.9. The molecule has 0 N–H and O–H groups in total. The van der Waals surface area contributed by atoms with Crippen LogP contribution < -0.4 is 0 Å². The van der Waals surface area contributed by atoms with Gasteiger partial charge in [-0.15, -0.1) is 0 Å². The van der Waals surface area contributed by atoms with Gasteiger partial charge in [-0.2, -0.15) is 0 Å². The summed E-state index contributed by atoms with van der Waals surface area (Å²) >= 11 is -2.34. The number of rotatable bonds is 4. The van der Waals surface area contributed by atoms with E-state index in [1.165, 1.54) is 12.1 Å². The standard InChI is InChI=1S/C13H17N3O5S/c1-14-4-6-15(7-5-14)13(17)11-3-2-10(9-22(20)21)8-12(11)16(18)19/h2-3,8H,4-7,9H2,1H3,(H,20,21)/p-1. The Morgan fingerprint density at radius 1 is 1.32 bits per heavy atom. The van der Waals surface area contributed by atoms with E-state index in [2.05, 4.69) is 4.90 Å². The molecule has 0 spiro atoms. The minimum Gasteiger partial charge on any atom is -0.772 e. The Morgan fingerprint density at radius 2 is 1.95 bits per heavy atom. The largest absolute Gasteiger partial charge is 0.772 e. The number of benzene rings is 1. The van der Waals surface area contributed by atoms with Gasteiger partial charge in [0.25, 0.3) is 11.6 Å². The number of nitro groups is 1. The van der Waals surface area contributed by atoms with Gasteiger partial charge in [-0.25, -0.2) is 0 Å². The molecular formula is C13H16N3O5S-. The number of hydrogen-bond donors (Lipinski definition) is 0. The number of piperazine rings is 1. The Kier molecular flexibility index (Phi) is 5.22. The predicted octanol–water partition coefficient (Wildman–Crippen LogP) is 0.361. The van der Waals surface area contributed by atoms with E-state index in [1.807, 2.05) is 7.05 Å². The minimum absolute atomic E-state index is 0.00464. The van der Waals surface area contributed by atoms with Crippen molar-refractivity contribution in [1.82, 2.24) is 9.80 Å². The fraction of sp³-hybridized carbons (Fsp3) is 0.462. The second-order valence-electron chi connectivity index (χ2n) is 5.15. The van der Waals surface area contributed by atoms with Gasteiger partial charge in [0, 0.05) is 38.0 Å². The quantitative estimate of drug-likeness (QED) is 0.449. The Bertz CT molecular complexity index is 614. The molecule has 1 unspecified atom stereocenters. The molecule has 0 saturated carbocycles. The highest BCUT2D eigenvalue weighted by Gasteiger charge is 2.27. The van der Waals surface area contributed by atoms with Crippen LogP contribution in [0.25, 0.3) is 0 Å². The van der Waals surface area contributed by atoms with Crippen LogP contribution in [-0.4, -0.2) is 62.6 Å². The van der Waals surface area contributed by atoms with Crippen LogP contribution in [0.2, 0.25) is 0 Å². The third kappa shape index (κ3) is 3.87. The Balaban J connectivity index is 2.27. The molecule has 1 aliphatic heterocycles. The van der Waals surface area contributed by atoms with E-state index in [4.69, 9.17) is 0 Å². The lowest BCUT2D eigenvalue weighted by atomic mass is 10.1. The van der Waals surface area contributed by atoms with Crippen molar-refractivity contribution in [2.75, 3.05) is 33.2 Å². The smallest absolute Gasteiger partial charge is 0.282 e. The molecule has 9 heteroatoms. The number of nitrogens with zero attached hydrogens (tertiary/aromatic N) is 3. The molecule has 1 saturated heterocycles. The van der Waals surface area contributed by atoms with Gasteiger partial charge in [0.2, 0.25) is 0 Å². The van der Waals surface area contributed by atoms with Crippen LogP contribution >= 0.6 is 0 Å². The molecule has 1 amide bonds. The van der Waals surface area contributed by atoms with Gasteiger partial charge >= 0.3 is 0 Å². The number of likely N-dealkylation sites (N-methyl/N-ethyl adjacent to an activating group) is 1. The maximum Gasteiger partial charge on any atom is 0.282 e. The lowest BCUT2D eigenvalue weighted by Crippen LogP contribution is -2.47. The molecule has 0 bridgehead atoms. The highest BCUT2D eigenvalue weighted by molar-refractivity contribution is 7.78. The lowest BCUT2D eigenvalue weighted by Gasteiger charge is -2.32. The van der Waals surface area contributed by atoms with Crippen LogP contribution in [0.1, 0.15) is 15.9 Å². The molecule has 0 aliphatic carbocycles. The molecule has 1 aromatic carbocycles. The average Bonchev–Trinajstić information content (AvgIpc) is 2.46. The molecule has 1 heterocycles. The molecule has 2 rings (SSSR count). The Labute approximate surface area is 130 Å². The zero-order valence-electron chi connectivity index (χ0n) is 12.1. The number of carbonyl (C=O) groups excluding carboxylic acids is 1. The number of hydrogen-bond acceptors (Lipinski definition) is 6. The van der Waals surface area contributed by atoms with Gasteiger partial charge < -0.3 is 14.4 Å². The fourth-order valence-corrected chi connectivity index (χ4v) is 2.77. The van der Waals surface area contributed by atoms with E-state index in [-0.39, 0.29) is 22.6 Å². The van der Waals surface area contributed by atoms with E-state index in [1.54, 1.807) is 4.90 Å². The second kappa shape index (κ2) is 6.95. The molecule has 0 aromatic heterocycles. The van der Waals surface area contributed by atoms with Gasteiger partial charge in [0.15, 0.2) is 0 Å². The lowest BCUT2D eigenvalue weighted by molar-refractivity contribution is -0.385. The maximum absolute atomic E-state index is 12.4. The maximum atomic E-state index is 12.4. The van der Waals surface area contributed by atoms with Crippen molar-refractivity contribution in [3.05, 3.63) is 39.4 Å². The molecule has 1 aliphatic rings. The number of carbonyl (C=O) groups is 1. The zero-order chi connectivity index (χ0) is 16.3. The summed E-state index contributed by atoms with van der Waals surface area (Å²) in [6.07, 6.45) is 0. The Hall–Kier alpha value is -1.84. The summed E-state index contributed by atoms with van der Waals surface area (Å²) in [5, 5.41) is 11.2. The molecule has 1 fully saturated rings. The molecule has 1 aromatic rings. The van der Waals surface area contributed by atoms with Crippen molar-refractivity contribution in [2.45, 2.75) is 5.75 Å². The normalized spacial score (nSPS) is 17.3. The third-order valence-corrected chi connectivity index (χ3v) is 4.13. The van der Waals surface area contributed by atoms with Crippen molar-refractivity contribution in [3.63, 3.8) is 0 Å². The van der Waals surface area contributed by atoms with Crippen molar-refractivity contribution in [2.24, 2.45) is 0 Å². The summed E-state index contributed by atoms with van der Waals surface area (Å²) < 4.78 is 21.4. The van der Waals surface area contributed by atoms with Crippen molar-refractivity contribution in [3.8, 4) is 0 Å². The molecule has 22 heavy (non-hydrogen) atoms. The monoisotopic (exact) mass is 326 g/mol. The van der Waals surface area contributed by atoms with E-state index >= 15 is 0 Å². The highest BCUT2D eigenvalue weighted by Crippen LogP contribution is 2.23. The second-order valence-corrected chi connectivity index (χ2v) is 6.05. The molecular weight excluding hydrogens is 310 g/mol. The van der Waals surface area contributed by atoms with E-state index in [0.29, 0.717) is 26.2 Å². The first kappa shape index (κ1) is 16.5. The van der Waals surface area contributed by atoms with Gasteiger partial charge in [-0.1, -0.05) is 17.1 Å². The molecule has 1 atom stereocenters. The summed E-state index contributed by atoms with van der Waals surface area (Å²) in [5.74, 6) is -0.710. The first-order chi connectivity index (χ1) is 10.4. The minimum atomic E-state index is -2.34. The van der Waals surface area contributed by atoms with E-state index in [0.717, 1.165) is 6.07 Å². The van der Waals surface area contributed by atoms with Crippen LogP contribution in [-0.2, 0) is 16.8 Å². The van der Waals surface area contributed by atoms with E-state index < -0.39 is 21.9 Å². The summed E-state index contributed by atoms with van der Waals surface area (Å²) in [7, 11) is 1.95. The van der Waals surface area contributed by atoms with Gasteiger partial charge in [0.1, 0.15) is 5.56 Å². The van der Waals surface area contributed by atoms with Gasteiger partial charge in [-0.05, 0) is 18.7 Å². The highest BCUT2D eigenvalue weighted by atomic mass is 32.2. The molecule has 8 nitrogen and oxygen atoms in total. The van der Waals surface area contributed by atoms with Crippen molar-refractivity contribution in [1.29, 1.82) is 0 Å². The summed E-state index contributed by atoms with van der Waals surface area (Å²) in [5.41, 5.74) is -0.0724. The van der Waals surface area contributed by atoms with E-state index in [9.17, 15) is 23.7 Å². The average molecular weight is 326 g/mol. The first-order valence-electron chi connectivity index (χ1n) is 6.69. The third-order valence-electron chi connectivity index (χ3n) is 3.56. The Morgan fingerprint density at radius 3 is 2.50 bits per heavy atom. The topological polar surface area (TPSA) is 107 Å². The van der Waals surface area contributed by atoms with Crippen LogP contribution in [0.3, 0.4) is 0 Å². The number of nitro benzene ring substituents is 1. The summed E-state index contributed by atoms with van der Waals surface area (Å²) in [6.45, 7) is 2.46. The summed E-state index contributed by atoms with van der Waals surface area (Å²) in [4.78, 5) is 26.6. The van der Waals surface area contributed by atoms with Gasteiger partial charge in [-0.3, -0.25) is 19.1 Å². The van der Waals surface area contributed by atoms with Crippen LogP contribution in [0.5, 0.6) is 0 Å². The SMILES string of the molecule is CN1CCN(C(=O)c2ccc(CS(=O)[O-])cc2[N+](=O)[O-])CC1. The van der Waals surface area contributed by atoms with Crippen LogP contribution in [0.4, 0.5) is 5.69 Å². The first-order valence-corrected chi connectivity index (χ1v) is 7.94.